The van der Waals surface area contributed by atoms with Crippen LogP contribution in [0, 0.1) is 17.8 Å². The van der Waals surface area contributed by atoms with Crippen molar-refractivity contribution in [2.45, 2.75) is 44.1 Å². The van der Waals surface area contributed by atoms with Gasteiger partial charge in [-0.1, -0.05) is 0 Å². The molecular weight excluding hydrogens is 324 g/mol. The zero-order chi connectivity index (χ0) is 15.8. The van der Waals surface area contributed by atoms with Crippen molar-refractivity contribution in [3.63, 3.8) is 0 Å². The second-order valence-electron chi connectivity index (χ2n) is 7.01. The van der Waals surface area contributed by atoms with Crippen LogP contribution in [0.3, 0.4) is 0 Å². The molecule has 126 valence electrons. The number of aliphatic imine (C=N–C) groups is 1. The summed E-state index contributed by atoms with van der Waals surface area (Å²) in [5.74, 6) is 2.76. The molecule has 0 unspecified atom stereocenters. The fourth-order valence-corrected chi connectivity index (χ4v) is 6.01. The lowest BCUT2D eigenvalue weighted by Crippen LogP contribution is -2.52. The van der Waals surface area contributed by atoms with Gasteiger partial charge in [0.2, 0.25) is 0 Å². The zero-order valence-corrected chi connectivity index (χ0v) is 14.2. The fraction of sp³-hybridized carbons (Fsp3) is 0.929. The highest BCUT2D eigenvalue weighted by Gasteiger charge is 2.51. The van der Waals surface area contributed by atoms with E-state index in [0.717, 1.165) is 17.8 Å². The monoisotopic (exact) mass is 348 g/mol. The predicted octanol–water partition coefficient (Wildman–Crippen LogP) is 1.86. The van der Waals surface area contributed by atoms with Crippen LogP contribution >= 0.6 is 10.8 Å². The largest absolute Gasteiger partial charge is 0.387 e. The first-order chi connectivity index (χ1) is 10.3. The molecule has 4 aliphatic rings. The van der Waals surface area contributed by atoms with Gasteiger partial charge < -0.3 is 10.5 Å². The summed E-state index contributed by atoms with van der Waals surface area (Å²) in [6.45, 7) is 0.975. The third kappa shape index (κ3) is 4.15. The molecular formula is C14H24N2O4S2. The topological polar surface area (TPSA) is 102 Å². The summed E-state index contributed by atoms with van der Waals surface area (Å²) >= 11 is 0. The molecule has 0 atom stereocenters. The molecule has 0 aromatic rings. The second-order valence-corrected chi connectivity index (χ2v) is 10.4. The number of nitrogens with two attached hydrogens (primary N) is 1. The van der Waals surface area contributed by atoms with E-state index in [1.807, 2.05) is 0 Å². The average molecular weight is 348 g/mol. The molecule has 0 heterocycles. The molecule has 0 saturated heterocycles. The predicted molar refractivity (Wildman–Crippen MR) is 87.4 cm³/mol. The molecule has 0 radical (unpaired) electrons. The van der Waals surface area contributed by atoms with Crippen LogP contribution in [-0.4, -0.2) is 43.3 Å². The molecule has 4 saturated carbocycles. The Kier molecular flexibility index (Phi) is 4.74. The van der Waals surface area contributed by atoms with Crippen molar-refractivity contribution < 1.29 is 17.7 Å². The van der Waals surface area contributed by atoms with Gasteiger partial charge in [-0.15, -0.1) is 0 Å². The number of hydrogen-bond acceptors (Lipinski definition) is 5. The SMILES string of the molecule is NC(CSS(=O)(=O)O)=NCCOC12CC3CC(CC(C3)C1)C2. The van der Waals surface area contributed by atoms with Gasteiger partial charge in [-0.05, 0) is 56.3 Å². The van der Waals surface area contributed by atoms with Gasteiger partial charge in [0.25, 0.3) is 0 Å². The van der Waals surface area contributed by atoms with Gasteiger partial charge in [0.05, 0.1) is 24.5 Å². The van der Waals surface area contributed by atoms with Gasteiger partial charge in [0.1, 0.15) is 5.84 Å². The van der Waals surface area contributed by atoms with E-state index in [2.05, 4.69) is 4.99 Å². The van der Waals surface area contributed by atoms with Crippen LogP contribution in [0.15, 0.2) is 4.99 Å². The molecule has 4 rings (SSSR count). The Morgan fingerprint density at radius 2 is 1.77 bits per heavy atom. The van der Waals surface area contributed by atoms with Gasteiger partial charge in [-0.3, -0.25) is 9.55 Å². The summed E-state index contributed by atoms with van der Waals surface area (Å²) in [7, 11) is -3.68. The third-order valence-electron chi connectivity index (χ3n) is 5.15. The minimum atomic E-state index is -4.06. The summed E-state index contributed by atoms with van der Waals surface area (Å²) in [6, 6.07) is 0. The Labute approximate surface area is 135 Å². The first kappa shape index (κ1) is 16.5. The van der Waals surface area contributed by atoms with Crippen molar-refractivity contribution in [3.8, 4) is 0 Å². The summed E-state index contributed by atoms with van der Waals surface area (Å²) in [4.78, 5) is 4.12. The van der Waals surface area contributed by atoms with Crippen LogP contribution in [0.25, 0.3) is 0 Å². The lowest BCUT2D eigenvalue weighted by atomic mass is 9.54. The number of amidine groups is 1. The number of nitrogens with zero attached hydrogens (tertiary/aromatic N) is 1. The summed E-state index contributed by atoms with van der Waals surface area (Å²) in [6.07, 6.45) is 7.74. The fourth-order valence-electron chi connectivity index (χ4n) is 4.84. The standard InChI is InChI=1S/C14H24N2O4S2/c15-13(9-21-22(17,18)19)16-1-2-20-14-6-10-3-11(7-14)5-12(4-10)8-14/h10-12H,1-9H2,(H2,15,16)(H,17,18,19). The van der Waals surface area contributed by atoms with Crippen molar-refractivity contribution >= 4 is 25.8 Å². The van der Waals surface area contributed by atoms with E-state index in [1.54, 1.807) is 0 Å². The van der Waals surface area contributed by atoms with Crippen LogP contribution in [0.4, 0.5) is 0 Å². The van der Waals surface area contributed by atoms with Gasteiger partial charge in [-0.2, -0.15) is 8.42 Å². The lowest BCUT2D eigenvalue weighted by molar-refractivity contribution is -0.160. The summed E-state index contributed by atoms with van der Waals surface area (Å²) in [5.41, 5.74) is 5.70. The summed E-state index contributed by atoms with van der Waals surface area (Å²) < 4.78 is 36.1. The maximum Gasteiger partial charge on any atom is 0.320 e. The number of hydrogen-bond donors (Lipinski definition) is 2. The highest BCUT2D eigenvalue weighted by Crippen LogP contribution is 2.57. The molecule has 3 N–H and O–H groups in total. The van der Waals surface area contributed by atoms with Gasteiger partial charge >= 0.3 is 9.15 Å². The summed E-state index contributed by atoms with van der Waals surface area (Å²) in [5, 5.41) is 0. The third-order valence-corrected chi connectivity index (χ3v) is 7.11. The highest BCUT2D eigenvalue weighted by atomic mass is 33.1. The van der Waals surface area contributed by atoms with E-state index in [-0.39, 0.29) is 17.2 Å². The van der Waals surface area contributed by atoms with Gasteiger partial charge in [0.15, 0.2) is 0 Å². The van der Waals surface area contributed by atoms with Gasteiger partial charge in [-0.25, -0.2) is 0 Å². The first-order valence-corrected chi connectivity index (χ1v) is 10.8. The van der Waals surface area contributed by atoms with Crippen LogP contribution in [-0.2, 0) is 13.9 Å². The molecule has 0 amide bonds. The molecule has 22 heavy (non-hydrogen) atoms. The van der Waals surface area contributed by atoms with Crippen LogP contribution in [0.5, 0.6) is 0 Å². The molecule has 4 aliphatic carbocycles. The second kappa shape index (κ2) is 6.30. The van der Waals surface area contributed by atoms with Crippen LogP contribution < -0.4 is 5.73 Å². The maximum absolute atomic E-state index is 10.6. The maximum atomic E-state index is 10.6. The molecule has 4 fully saturated rings. The first-order valence-electron chi connectivity index (χ1n) is 7.88. The van der Waals surface area contributed by atoms with E-state index >= 15 is 0 Å². The van der Waals surface area contributed by atoms with Crippen molar-refractivity contribution in [2.75, 3.05) is 18.9 Å². The van der Waals surface area contributed by atoms with Crippen molar-refractivity contribution in [2.24, 2.45) is 28.5 Å². The van der Waals surface area contributed by atoms with Crippen molar-refractivity contribution in [1.82, 2.24) is 0 Å². The Bertz CT molecular complexity index is 512. The molecule has 0 aromatic carbocycles. The molecule has 0 aliphatic heterocycles. The lowest BCUT2D eigenvalue weighted by Gasteiger charge is -2.56. The molecule has 6 nitrogen and oxygen atoms in total. The Morgan fingerprint density at radius 3 is 2.27 bits per heavy atom. The van der Waals surface area contributed by atoms with Crippen molar-refractivity contribution in [1.29, 1.82) is 0 Å². The zero-order valence-electron chi connectivity index (χ0n) is 12.6. The molecule has 0 spiro atoms. The van der Waals surface area contributed by atoms with E-state index in [9.17, 15) is 8.42 Å². The van der Waals surface area contributed by atoms with Crippen LogP contribution in [0.2, 0.25) is 0 Å². The van der Waals surface area contributed by atoms with E-state index in [1.165, 1.54) is 38.5 Å². The minimum absolute atomic E-state index is 0.0177. The Hall–Kier alpha value is -0.310. The van der Waals surface area contributed by atoms with E-state index < -0.39 is 9.15 Å². The Morgan fingerprint density at radius 1 is 1.23 bits per heavy atom. The number of rotatable bonds is 7. The Balaban J connectivity index is 1.43. The molecule has 8 heteroatoms. The quantitative estimate of drug-likeness (QED) is 0.239. The molecule has 0 aromatic heterocycles. The number of ether oxygens (including phenoxy) is 1. The molecule has 4 bridgehead atoms. The van der Waals surface area contributed by atoms with E-state index in [0.29, 0.717) is 23.9 Å². The van der Waals surface area contributed by atoms with Crippen LogP contribution in [0.1, 0.15) is 38.5 Å². The average Bonchev–Trinajstić information content (AvgIpc) is 2.39. The highest BCUT2D eigenvalue weighted by molar-refractivity contribution is 8.70. The normalized spacial score (nSPS) is 37.7. The van der Waals surface area contributed by atoms with Crippen molar-refractivity contribution in [3.05, 3.63) is 0 Å². The minimum Gasteiger partial charge on any atom is -0.387 e. The smallest absolute Gasteiger partial charge is 0.320 e. The van der Waals surface area contributed by atoms with E-state index in [4.69, 9.17) is 15.0 Å². The van der Waals surface area contributed by atoms with Gasteiger partial charge in [0, 0.05) is 10.8 Å².